The number of rotatable bonds is 3. The van der Waals surface area contributed by atoms with Crippen LogP contribution in [0.15, 0.2) is 64.3 Å². The Morgan fingerprint density at radius 2 is 1.71 bits per heavy atom. The minimum absolute atomic E-state index is 0.353. The Bertz CT molecular complexity index is 1580. The lowest BCUT2D eigenvalue weighted by molar-refractivity contribution is 0.415. The lowest BCUT2D eigenvalue weighted by atomic mass is 10.1. The van der Waals surface area contributed by atoms with Crippen LogP contribution in [0.3, 0.4) is 0 Å². The highest BCUT2D eigenvalue weighted by Crippen LogP contribution is 2.30. The first-order valence-electron chi connectivity index (χ1n) is 9.81. The van der Waals surface area contributed by atoms with Gasteiger partial charge in [0.2, 0.25) is 5.78 Å². The van der Waals surface area contributed by atoms with Crippen molar-refractivity contribution >= 4 is 16.9 Å². The SMILES string of the molecule is COc1ccc(-c2cn3c4c(=O)n(C)c(=O)n(C)c4nc3n2-c2cccc(C)c2)cc1. The Morgan fingerprint density at radius 1 is 0.968 bits per heavy atom. The molecule has 0 amide bonds. The normalized spacial score (nSPS) is 11.5. The van der Waals surface area contributed by atoms with E-state index in [2.05, 4.69) is 6.07 Å². The molecule has 0 fully saturated rings. The van der Waals surface area contributed by atoms with Crippen molar-refractivity contribution in [2.75, 3.05) is 7.11 Å². The molecule has 0 atom stereocenters. The van der Waals surface area contributed by atoms with Crippen molar-refractivity contribution in [3.63, 3.8) is 0 Å². The molecule has 0 radical (unpaired) electrons. The van der Waals surface area contributed by atoms with Crippen LogP contribution in [0.2, 0.25) is 0 Å². The van der Waals surface area contributed by atoms with E-state index >= 15 is 0 Å². The van der Waals surface area contributed by atoms with Gasteiger partial charge in [-0.2, -0.15) is 4.98 Å². The Labute approximate surface area is 177 Å². The average Bonchev–Trinajstić information content (AvgIpc) is 3.32. The summed E-state index contributed by atoms with van der Waals surface area (Å²) in [6, 6.07) is 15.8. The largest absolute Gasteiger partial charge is 0.497 e. The van der Waals surface area contributed by atoms with Crippen molar-refractivity contribution in [2.24, 2.45) is 14.1 Å². The number of imidazole rings is 2. The van der Waals surface area contributed by atoms with E-state index in [0.29, 0.717) is 16.9 Å². The van der Waals surface area contributed by atoms with Crippen molar-refractivity contribution in [1.82, 2.24) is 23.1 Å². The Kier molecular flexibility index (Phi) is 4.11. The van der Waals surface area contributed by atoms with Crippen molar-refractivity contribution in [1.29, 1.82) is 0 Å². The molecule has 0 bridgehead atoms. The minimum Gasteiger partial charge on any atom is -0.497 e. The van der Waals surface area contributed by atoms with Crippen LogP contribution in [0.25, 0.3) is 33.9 Å². The third kappa shape index (κ3) is 2.72. The number of nitrogens with zero attached hydrogens (tertiary/aromatic N) is 5. The van der Waals surface area contributed by atoms with E-state index in [1.165, 1.54) is 11.6 Å². The Morgan fingerprint density at radius 3 is 2.39 bits per heavy atom. The van der Waals surface area contributed by atoms with Gasteiger partial charge < -0.3 is 4.74 Å². The van der Waals surface area contributed by atoms with Crippen LogP contribution in [-0.4, -0.2) is 30.2 Å². The monoisotopic (exact) mass is 415 g/mol. The lowest BCUT2D eigenvalue weighted by Gasteiger charge is -2.10. The molecule has 3 heterocycles. The molecule has 5 aromatic rings. The molecule has 8 heteroatoms. The smallest absolute Gasteiger partial charge is 0.332 e. The maximum Gasteiger partial charge on any atom is 0.332 e. The van der Waals surface area contributed by atoms with Gasteiger partial charge in [0, 0.05) is 31.5 Å². The van der Waals surface area contributed by atoms with E-state index in [1.807, 2.05) is 60.2 Å². The number of hydrogen-bond acceptors (Lipinski definition) is 4. The number of benzene rings is 2. The first-order chi connectivity index (χ1) is 14.9. The highest BCUT2D eigenvalue weighted by Gasteiger charge is 2.21. The van der Waals surface area contributed by atoms with Gasteiger partial charge in [-0.25, -0.2) is 4.79 Å². The van der Waals surface area contributed by atoms with Crippen LogP contribution < -0.4 is 16.0 Å². The molecule has 5 rings (SSSR count). The maximum absolute atomic E-state index is 13.0. The number of ether oxygens (including phenoxy) is 1. The minimum atomic E-state index is -0.407. The summed E-state index contributed by atoms with van der Waals surface area (Å²) in [4.78, 5) is 30.1. The van der Waals surface area contributed by atoms with Crippen LogP contribution in [0.4, 0.5) is 0 Å². The third-order valence-electron chi connectivity index (χ3n) is 5.61. The molecule has 0 saturated heterocycles. The summed E-state index contributed by atoms with van der Waals surface area (Å²) in [5.41, 5.74) is 3.76. The molecule has 2 aromatic carbocycles. The molecular formula is C23H21N5O3. The molecule has 8 nitrogen and oxygen atoms in total. The summed E-state index contributed by atoms with van der Waals surface area (Å²) in [5.74, 6) is 1.32. The van der Waals surface area contributed by atoms with Crippen molar-refractivity contribution in [2.45, 2.75) is 6.92 Å². The quantitative estimate of drug-likeness (QED) is 0.454. The van der Waals surface area contributed by atoms with Gasteiger partial charge in [0.15, 0.2) is 11.2 Å². The molecule has 0 unspecified atom stereocenters. The number of hydrogen-bond donors (Lipinski definition) is 0. The van der Waals surface area contributed by atoms with Gasteiger partial charge >= 0.3 is 5.69 Å². The zero-order valence-corrected chi connectivity index (χ0v) is 17.7. The fraction of sp³-hybridized carbons (Fsp3) is 0.174. The molecule has 3 aromatic heterocycles. The second-order valence-corrected chi connectivity index (χ2v) is 7.58. The van der Waals surface area contributed by atoms with Gasteiger partial charge in [-0.05, 0) is 48.9 Å². The summed E-state index contributed by atoms with van der Waals surface area (Å²) in [6.07, 6.45) is 1.89. The number of fused-ring (bicyclic) bond motifs is 3. The van der Waals surface area contributed by atoms with Crippen LogP contribution in [0.5, 0.6) is 5.75 Å². The highest BCUT2D eigenvalue weighted by molar-refractivity contribution is 5.79. The summed E-state index contributed by atoms with van der Waals surface area (Å²) in [7, 11) is 4.73. The van der Waals surface area contributed by atoms with Crippen molar-refractivity contribution in [3.05, 3.63) is 81.1 Å². The van der Waals surface area contributed by atoms with E-state index in [9.17, 15) is 9.59 Å². The van der Waals surface area contributed by atoms with E-state index in [4.69, 9.17) is 9.72 Å². The first kappa shape index (κ1) is 18.9. The third-order valence-corrected chi connectivity index (χ3v) is 5.61. The van der Waals surface area contributed by atoms with Crippen LogP contribution in [0, 0.1) is 6.92 Å². The zero-order chi connectivity index (χ0) is 21.9. The molecule has 0 aliphatic carbocycles. The summed E-state index contributed by atoms with van der Waals surface area (Å²) >= 11 is 0. The zero-order valence-electron chi connectivity index (χ0n) is 17.7. The second-order valence-electron chi connectivity index (χ2n) is 7.58. The highest BCUT2D eigenvalue weighted by atomic mass is 16.5. The number of aromatic nitrogens is 5. The molecule has 0 spiro atoms. The van der Waals surface area contributed by atoms with Gasteiger partial charge in [-0.3, -0.25) is 22.9 Å². The molecular weight excluding hydrogens is 394 g/mol. The van der Waals surface area contributed by atoms with E-state index in [0.717, 1.165) is 32.8 Å². The van der Waals surface area contributed by atoms with Crippen molar-refractivity contribution < 1.29 is 4.74 Å². The van der Waals surface area contributed by atoms with Gasteiger partial charge in [0.25, 0.3) is 5.56 Å². The Hall–Kier alpha value is -4.07. The van der Waals surface area contributed by atoms with E-state index in [1.54, 1.807) is 18.6 Å². The topological polar surface area (TPSA) is 75.5 Å². The van der Waals surface area contributed by atoms with E-state index in [-0.39, 0.29) is 5.56 Å². The predicted octanol–water partition coefficient (Wildman–Crippen LogP) is 2.66. The van der Waals surface area contributed by atoms with Gasteiger partial charge in [-0.1, -0.05) is 12.1 Å². The molecule has 0 saturated carbocycles. The summed E-state index contributed by atoms with van der Waals surface area (Å²) < 4.78 is 11.6. The lowest BCUT2D eigenvalue weighted by Crippen LogP contribution is -2.37. The van der Waals surface area contributed by atoms with E-state index < -0.39 is 5.69 Å². The molecule has 0 N–H and O–H groups in total. The number of aryl methyl sites for hydroxylation is 2. The molecule has 0 aliphatic rings. The summed E-state index contributed by atoms with van der Waals surface area (Å²) in [6.45, 7) is 2.03. The van der Waals surface area contributed by atoms with Crippen LogP contribution in [0.1, 0.15) is 5.56 Å². The molecule has 31 heavy (non-hydrogen) atoms. The average molecular weight is 415 g/mol. The van der Waals surface area contributed by atoms with Crippen LogP contribution in [-0.2, 0) is 14.1 Å². The standard InChI is InChI=1S/C23H21N5O3/c1-14-6-5-7-16(12-14)28-18(15-8-10-17(31-4)11-9-15)13-27-19-20(24-22(27)28)25(2)23(30)26(3)21(19)29/h5-13H,1-4H3. The molecule has 0 aliphatic heterocycles. The number of methoxy groups -OCH3 is 1. The fourth-order valence-electron chi connectivity index (χ4n) is 3.96. The van der Waals surface area contributed by atoms with Gasteiger partial charge in [0.1, 0.15) is 5.75 Å². The Balaban J connectivity index is 1.93. The predicted molar refractivity (Wildman–Crippen MR) is 119 cm³/mol. The van der Waals surface area contributed by atoms with Crippen molar-refractivity contribution in [3.8, 4) is 22.7 Å². The maximum atomic E-state index is 13.0. The van der Waals surface area contributed by atoms with Gasteiger partial charge in [0.05, 0.1) is 12.8 Å². The second kappa shape index (κ2) is 6.73. The fourth-order valence-corrected chi connectivity index (χ4v) is 3.96. The van der Waals surface area contributed by atoms with Gasteiger partial charge in [-0.15, -0.1) is 0 Å². The first-order valence-corrected chi connectivity index (χ1v) is 9.81. The molecule has 156 valence electrons. The van der Waals surface area contributed by atoms with Crippen LogP contribution >= 0.6 is 0 Å². The summed E-state index contributed by atoms with van der Waals surface area (Å²) in [5, 5.41) is 0.